The van der Waals surface area contributed by atoms with Crippen LogP contribution < -0.4 is 5.32 Å². The second kappa shape index (κ2) is 6.83. The van der Waals surface area contributed by atoms with Gasteiger partial charge in [0.25, 0.3) is 5.91 Å². The van der Waals surface area contributed by atoms with Gasteiger partial charge in [-0.05, 0) is 31.2 Å². The Morgan fingerprint density at radius 3 is 2.33 bits per heavy atom. The van der Waals surface area contributed by atoms with E-state index in [9.17, 15) is 9.59 Å². The summed E-state index contributed by atoms with van der Waals surface area (Å²) in [6.45, 7) is 1.48. The van der Waals surface area contributed by atoms with E-state index in [1.165, 1.54) is 6.92 Å². The lowest BCUT2D eigenvalue weighted by molar-refractivity contribution is 0.100. The van der Waals surface area contributed by atoms with Gasteiger partial charge in [-0.3, -0.25) is 9.59 Å². The van der Waals surface area contributed by atoms with Crippen molar-refractivity contribution in [3.8, 4) is 11.3 Å². The molecule has 0 radical (unpaired) electrons. The van der Waals surface area contributed by atoms with E-state index in [1.54, 1.807) is 36.4 Å². The fraction of sp³-hybridized carbons (Fsp3) is 0.0526. The third-order valence-corrected chi connectivity index (χ3v) is 3.49. The van der Waals surface area contributed by atoms with Gasteiger partial charge in [0.1, 0.15) is 0 Å². The van der Waals surface area contributed by atoms with Crippen LogP contribution in [0.25, 0.3) is 11.3 Å². The Bertz CT molecular complexity index is 875. The highest BCUT2D eigenvalue weighted by molar-refractivity contribution is 6.03. The number of rotatable bonds is 4. The molecule has 0 saturated heterocycles. The molecule has 2 aromatic carbocycles. The summed E-state index contributed by atoms with van der Waals surface area (Å²) in [6, 6.07) is 19.8. The predicted molar refractivity (Wildman–Crippen MR) is 91.9 cm³/mol. The lowest BCUT2D eigenvalue weighted by atomic mass is 10.1. The summed E-state index contributed by atoms with van der Waals surface area (Å²) in [5.74, 6) is -0.430. The standard InChI is InChI=1S/C19H15N3O2/c1-13(23)15-8-5-9-16(12-15)20-19(24)18-11-10-17(21-22-18)14-6-3-2-4-7-14/h2-12H,1H3,(H,20,24). The van der Waals surface area contributed by atoms with Gasteiger partial charge in [0.05, 0.1) is 5.69 Å². The minimum atomic E-state index is -0.372. The first-order chi connectivity index (χ1) is 11.6. The molecule has 0 spiro atoms. The van der Waals surface area contributed by atoms with Crippen LogP contribution in [0.2, 0.25) is 0 Å². The van der Waals surface area contributed by atoms with Gasteiger partial charge >= 0.3 is 0 Å². The van der Waals surface area contributed by atoms with Crippen LogP contribution in [0.15, 0.2) is 66.7 Å². The van der Waals surface area contributed by atoms with E-state index in [1.807, 2.05) is 30.3 Å². The Labute approximate surface area is 139 Å². The van der Waals surface area contributed by atoms with E-state index >= 15 is 0 Å². The quantitative estimate of drug-likeness (QED) is 0.746. The predicted octanol–water partition coefficient (Wildman–Crippen LogP) is 3.60. The maximum Gasteiger partial charge on any atom is 0.276 e. The van der Waals surface area contributed by atoms with Crippen LogP contribution in [-0.4, -0.2) is 21.9 Å². The molecular weight excluding hydrogens is 302 g/mol. The Kier molecular flexibility index (Phi) is 4.43. The van der Waals surface area contributed by atoms with E-state index in [4.69, 9.17) is 0 Å². The molecule has 118 valence electrons. The minimum absolute atomic E-state index is 0.0573. The number of carbonyl (C=O) groups is 2. The maximum absolute atomic E-state index is 12.2. The monoisotopic (exact) mass is 317 g/mol. The van der Waals surface area contributed by atoms with Crippen LogP contribution in [0.3, 0.4) is 0 Å². The fourth-order valence-corrected chi connectivity index (χ4v) is 2.23. The SMILES string of the molecule is CC(=O)c1cccc(NC(=O)c2ccc(-c3ccccc3)nn2)c1. The average Bonchev–Trinajstić information content (AvgIpc) is 2.63. The number of hydrogen-bond donors (Lipinski definition) is 1. The number of nitrogens with one attached hydrogen (secondary N) is 1. The van der Waals surface area contributed by atoms with Crippen molar-refractivity contribution in [2.45, 2.75) is 6.92 Å². The van der Waals surface area contributed by atoms with Gasteiger partial charge in [0.2, 0.25) is 0 Å². The zero-order valence-corrected chi connectivity index (χ0v) is 13.1. The number of Topliss-reactive ketones (excluding diaryl/α,β-unsaturated/α-hetero) is 1. The van der Waals surface area contributed by atoms with E-state index < -0.39 is 0 Å². The number of benzene rings is 2. The molecule has 0 bridgehead atoms. The minimum Gasteiger partial charge on any atom is -0.321 e. The molecule has 0 aliphatic heterocycles. The van der Waals surface area contributed by atoms with Gasteiger partial charge in [-0.2, -0.15) is 0 Å². The smallest absolute Gasteiger partial charge is 0.276 e. The molecule has 0 unspecified atom stereocenters. The summed E-state index contributed by atoms with van der Waals surface area (Å²) in [4.78, 5) is 23.6. The van der Waals surface area contributed by atoms with Crippen molar-refractivity contribution in [2.75, 3.05) is 5.32 Å². The molecular formula is C19H15N3O2. The van der Waals surface area contributed by atoms with Crippen LogP contribution in [-0.2, 0) is 0 Å². The summed E-state index contributed by atoms with van der Waals surface area (Å²) in [5.41, 5.74) is 2.93. The van der Waals surface area contributed by atoms with Crippen molar-refractivity contribution in [1.82, 2.24) is 10.2 Å². The second-order valence-electron chi connectivity index (χ2n) is 5.26. The highest BCUT2D eigenvalue weighted by atomic mass is 16.2. The van der Waals surface area contributed by atoms with Crippen molar-refractivity contribution < 1.29 is 9.59 Å². The molecule has 1 aromatic heterocycles. The highest BCUT2D eigenvalue weighted by Crippen LogP contribution is 2.16. The Balaban J connectivity index is 1.76. The van der Waals surface area contributed by atoms with Gasteiger partial charge in [-0.25, -0.2) is 0 Å². The molecule has 5 nitrogen and oxygen atoms in total. The summed E-state index contributed by atoms with van der Waals surface area (Å²) in [5, 5.41) is 10.8. The third-order valence-electron chi connectivity index (χ3n) is 3.49. The normalized spacial score (nSPS) is 10.2. The van der Waals surface area contributed by atoms with Crippen molar-refractivity contribution in [2.24, 2.45) is 0 Å². The summed E-state index contributed by atoms with van der Waals surface area (Å²) in [6.07, 6.45) is 0. The van der Waals surface area contributed by atoms with Crippen molar-refractivity contribution in [1.29, 1.82) is 0 Å². The van der Waals surface area contributed by atoms with Gasteiger partial charge in [-0.15, -0.1) is 10.2 Å². The number of ketones is 1. The van der Waals surface area contributed by atoms with Gasteiger partial charge in [0.15, 0.2) is 11.5 Å². The molecule has 0 atom stereocenters. The van der Waals surface area contributed by atoms with Crippen LogP contribution in [0.4, 0.5) is 5.69 Å². The van der Waals surface area contributed by atoms with E-state index in [0.29, 0.717) is 16.9 Å². The number of hydrogen-bond acceptors (Lipinski definition) is 4. The van der Waals surface area contributed by atoms with Gasteiger partial charge < -0.3 is 5.32 Å². The first-order valence-electron chi connectivity index (χ1n) is 7.45. The number of nitrogens with zero attached hydrogens (tertiary/aromatic N) is 2. The number of aromatic nitrogens is 2. The zero-order chi connectivity index (χ0) is 16.9. The van der Waals surface area contributed by atoms with Crippen molar-refractivity contribution in [3.05, 3.63) is 78.0 Å². The summed E-state index contributed by atoms with van der Waals surface area (Å²) < 4.78 is 0. The number of anilines is 1. The first kappa shape index (κ1) is 15.6. The molecule has 1 heterocycles. The summed E-state index contributed by atoms with van der Waals surface area (Å²) in [7, 11) is 0. The number of carbonyl (C=O) groups excluding carboxylic acids is 2. The van der Waals surface area contributed by atoms with E-state index in [-0.39, 0.29) is 17.4 Å². The Hall–Kier alpha value is -3.34. The topological polar surface area (TPSA) is 72.0 Å². The molecule has 1 amide bonds. The largest absolute Gasteiger partial charge is 0.321 e. The van der Waals surface area contributed by atoms with Gasteiger partial charge in [-0.1, -0.05) is 42.5 Å². The molecule has 0 fully saturated rings. The van der Waals surface area contributed by atoms with Crippen LogP contribution in [0.1, 0.15) is 27.8 Å². The van der Waals surface area contributed by atoms with E-state index in [0.717, 1.165) is 5.56 Å². The van der Waals surface area contributed by atoms with Crippen LogP contribution >= 0.6 is 0 Å². The van der Waals surface area contributed by atoms with Gasteiger partial charge in [0, 0.05) is 16.8 Å². The average molecular weight is 317 g/mol. The van der Waals surface area contributed by atoms with E-state index in [2.05, 4.69) is 15.5 Å². The van der Waals surface area contributed by atoms with Crippen LogP contribution in [0.5, 0.6) is 0 Å². The first-order valence-corrected chi connectivity index (χ1v) is 7.45. The van der Waals surface area contributed by atoms with Crippen molar-refractivity contribution in [3.63, 3.8) is 0 Å². The Morgan fingerprint density at radius 2 is 1.67 bits per heavy atom. The third kappa shape index (κ3) is 3.52. The fourth-order valence-electron chi connectivity index (χ4n) is 2.23. The summed E-state index contributed by atoms with van der Waals surface area (Å²) >= 11 is 0. The zero-order valence-electron chi connectivity index (χ0n) is 13.1. The maximum atomic E-state index is 12.2. The molecule has 0 aliphatic rings. The molecule has 5 heteroatoms. The number of amides is 1. The molecule has 3 rings (SSSR count). The molecule has 0 aliphatic carbocycles. The Morgan fingerprint density at radius 1 is 0.875 bits per heavy atom. The second-order valence-corrected chi connectivity index (χ2v) is 5.26. The lowest BCUT2D eigenvalue weighted by Crippen LogP contribution is -2.14. The molecule has 3 aromatic rings. The lowest BCUT2D eigenvalue weighted by Gasteiger charge is -2.06. The molecule has 24 heavy (non-hydrogen) atoms. The molecule has 0 saturated carbocycles. The highest BCUT2D eigenvalue weighted by Gasteiger charge is 2.10. The van der Waals surface area contributed by atoms with Crippen LogP contribution in [0, 0.1) is 0 Å². The van der Waals surface area contributed by atoms with Crippen molar-refractivity contribution >= 4 is 17.4 Å². The molecule has 1 N–H and O–H groups in total.